The van der Waals surface area contributed by atoms with Gasteiger partial charge in [-0.2, -0.15) is 0 Å². The van der Waals surface area contributed by atoms with Gasteiger partial charge in [-0.05, 0) is 12.1 Å². The van der Waals surface area contributed by atoms with Crippen LogP contribution in [0.5, 0.6) is 5.75 Å². The number of aryl methyl sites for hydroxylation is 1. The van der Waals surface area contributed by atoms with E-state index in [1.54, 1.807) is 12.1 Å². The smallest absolute Gasteiger partial charge is 0.253 e. The topological polar surface area (TPSA) is 74.2 Å². The van der Waals surface area contributed by atoms with Gasteiger partial charge in [0, 0.05) is 18.2 Å². The molecule has 16 heavy (non-hydrogen) atoms. The zero-order valence-electron chi connectivity index (χ0n) is 9.01. The van der Waals surface area contributed by atoms with Crippen LogP contribution in [0.15, 0.2) is 28.7 Å². The van der Waals surface area contributed by atoms with Crippen molar-refractivity contribution in [1.82, 2.24) is 10.2 Å². The first-order chi connectivity index (χ1) is 7.78. The molecule has 0 aliphatic heterocycles. The molecule has 0 amide bonds. The van der Waals surface area contributed by atoms with Crippen molar-refractivity contribution in [2.45, 2.75) is 20.0 Å². The van der Waals surface area contributed by atoms with Crippen LogP contribution in [0, 0.1) is 0 Å². The molecule has 0 atom stereocenters. The molecule has 5 heteroatoms. The number of hydrogen-bond donors (Lipinski definition) is 1. The van der Waals surface area contributed by atoms with Gasteiger partial charge in [-0.15, -0.1) is 10.2 Å². The highest BCUT2D eigenvalue weighted by molar-refractivity contribution is 5.43. The van der Waals surface area contributed by atoms with Crippen LogP contribution in [0.3, 0.4) is 0 Å². The average Bonchev–Trinajstić information content (AvgIpc) is 2.74. The van der Waals surface area contributed by atoms with Crippen molar-refractivity contribution >= 4 is 5.69 Å². The standard InChI is InChI=1S/C11H13N3O2/c1-2-10-13-14-11(16-10)7-15-9-5-3-4-8(12)6-9/h3-6H,2,7,12H2,1H3. The molecule has 84 valence electrons. The summed E-state index contributed by atoms with van der Waals surface area (Å²) in [5, 5.41) is 7.69. The Morgan fingerprint density at radius 3 is 2.81 bits per heavy atom. The molecule has 0 fully saturated rings. The zero-order valence-corrected chi connectivity index (χ0v) is 9.01. The third kappa shape index (κ3) is 2.50. The van der Waals surface area contributed by atoms with Gasteiger partial charge in [0.1, 0.15) is 5.75 Å². The van der Waals surface area contributed by atoms with Crippen LogP contribution in [0.4, 0.5) is 5.69 Å². The number of hydrogen-bond acceptors (Lipinski definition) is 5. The molecule has 2 rings (SSSR count). The van der Waals surface area contributed by atoms with E-state index in [2.05, 4.69) is 10.2 Å². The summed E-state index contributed by atoms with van der Waals surface area (Å²) in [6.07, 6.45) is 0.727. The molecule has 0 bridgehead atoms. The zero-order chi connectivity index (χ0) is 11.4. The van der Waals surface area contributed by atoms with E-state index in [4.69, 9.17) is 14.9 Å². The van der Waals surface area contributed by atoms with E-state index in [1.165, 1.54) is 0 Å². The Kier molecular flexibility index (Phi) is 3.05. The van der Waals surface area contributed by atoms with Crippen LogP contribution in [-0.4, -0.2) is 10.2 Å². The average molecular weight is 219 g/mol. The lowest BCUT2D eigenvalue weighted by molar-refractivity contribution is 0.259. The summed E-state index contributed by atoms with van der Waals surface area (Å²) in [5.41, 5.74) is 6.29. The molecule has 0 spiro atoms. The van der Waals surface area contributed by atoms with Crippen LogP contribution in [0.25, 0.3) is 0 Å². The Morgan fingerprint density at radius 1 is 1.31 bits per heavy atom. The first kappa shape index (κ1) is 10.5. The Balaban J connectivity index is 1.96. The summed E-state index contributed by atoms with van der Waals surface area (Å²) in [6.45, 7) is 2.21. The molecular formula is C11H13N3O2. The van der Waals surface area contributed by atoms with Gasteiger partial charge in [0.05, 0.1) is 0 Å². The van der Waals surface area contributed by atoms with Crippen molar-refractivity contribution in [1.29, 1.82) is 0 Å². The normalized spacial score (nSPS) is 10.3. The third-order valence-corrected chi connectivity index (χ3v) is 2.03. The van der Waals surface area contributed by atoms with Gasteiger partial charge in [0.15, 0.2) is 6.61 Å². The molecule has 0 radical (unpaired) electrons. The Hall–Kier alpha value is -2.04. The van der Waals surface area contributed by atoms with Crippen LogP contribution >= 0.6 is 0 Å². The number of nitrogens with zero attached hydrogens (tertiary/aromatic N) is 2. The van der Waals surface area contributed by atoms with Crippen LogP contribution in [0.1, 0.15) is 18.7 Å². The molecule has 1 aromatic heterocycles. The Morgan fingerprint density at radius 2 is 2.12 bits per heavy atom. The second-order valence-electron chi connectivity index (χ2n) is 3.30. The molecule has 0 unspecified atom stereocenters. The van der Waals surface area contributed by atoms with Crippen molar-refractivity contribution in [3.8, 4) is 5.75 Å². The quantitative estimate of drug-likeness (QED) is 0.793. The molecule has 0 saturated carbocycles. The minimum absolute atomic E-state index is 0.260. The molecule has 1 heterocycles. The number of nitrogen functional groups attached to an aromatic ring is 1. The summed E-state index contributed by atoms with van der Waals surface area (Å²) >= 11 is 0. The van der Waals surface area contributed by atoms with Crippen LogP contribution < -0.4 is 10.5 Å². The maximum Gasteiger partial charge on any atom is 0.253 e. The largest absolute Gasteiger partial charge is 0.484 e. The lowest BCUT2D eigenvalue weighted by atomic mass is 10.3. The third-order valence-electron chi connectivity index (χ3n) is 2.03. The van der Waals surface area contributed by atoms with E-state index in [0.717, 1.165) is 6.42 Å². The minimum atomic E-state index is 0.260. The fourth-order valence-electron chi connectivity index (χ4n) is 1.24. The van der Waals surface area contributed by atoms with Gasteiger partial charge in [0.25, 0.3) is 5.89 Å². The van der Waals surface area contributed by atoms with Crippen molar-refractivity contribution in [3.63, 3.8) is 0 Å². The number of ether oxygens (including phenoxy) is 1. The van der Waals surface area contributed by atoms with Gasteiger partial charge in [-0.3, -0.25) is 0 Å². The van der Waals surface area contributed by atoms with Crippen molar-refractivity contribution in [3.05, 3.63) is 36.0 Å². The van der Waals surface area contributed by atoms with E-state index in [0.29, 0.717) is 23.2 Å². The highest BCUT2D eigenvalue weighted by atomic mass is 16.5. The molecule has 2 aromatic rings. The summed E-state index contributed by atoms with van der Waals surface area (Å²) in [6, 6.07) is 7.20. The highest BCUT2D eigenvalue weighted by Crippen LogP contribution is 2.15. The second-order valence-corrected chi connectivity index (χ2v) is 3.30. The fourth-order valence-corrected chi connectivity index (χ4v) is 1.24. The van der Waals surface area contributed by atoms with Gasteiger partial charge < -0.3 is 14.9 Å². The maximum absolute atomic E-state index is 5.62. The van der Waals surface area contributed by atoms with Crippen molar-refractivity contribution in [2.75, 3.05) is 5.73 Å². The predicted molar refractivity (Wildman–Crippen MR) is 58.9 cm³/mol. The number of rotatable bonds is 4. The number of benzene rings is 1. The summed E-state index contributed by atoms with van der Waals surface area (Å²) in [5.74, 6) is 1.78. The summed E-state index contributed by atoms with van der Waals surface area (Å²) in [4.78, 5) is 0. The molecule has 2 N–H and O–H groups in total. The molecule has 0 aliphatic rings. The lowest BCUT2D eigenvalue weighted by Gasteiger charge is -2.03. The van der Waals surface area contributed by atoms with Gasteiger partial charge in [-0.25, -0.2) is 0 Å². The fraction of sp³-hybridized carbons (Fsp3) is 0.273. The number of aromatic nitrogens is 2. The van der Waals surface area contributed by atoms with Crippen LogP contribution in [0.2, 0.25) is 0 Å². The lowest BCUT2D eigenvalue weighted by Crippen LogP contribution is -1.96. The SMILES string of the molecule is CCc1nnc(COc2cccc(N)c2)o1. The predicted octanol–water partition coefficient (Wildman–Crippen LogP) is 1.79. The number of anilines is 1. The van der Waals surface area contributed by atoms with Crippen LogP contribution in [-0.2, 0) is 13.0 Å². The van der Waals surface area contributed by atoms with Gasteiger partial charge in [-0.1, -0.05) is 13.0 Å². The van der Waals surface area contributed by atoms with E-state index in [1.807, 2.05) is 19.1 Å². The highest BCUT2D eigenvalue weighted by Gasteiger charge is 2.04. The Bertz CT molecular complexity index is 468. The van der Waals surface area contributed by atoms with Gasteiger partial charge >= 0.3 is 0 Å². The Labute approximate surface area is 93.2 Å². The number of nitrogens with two attached hydrogens (primary N) is 1. The monoisotopic (exact) mass is 219 g/mol. The molecular weight excluding hydrogens is 206 g/mol. The molecule has 0 aliphatic carbocycles. The summed E-state index contributed by atoms with van der Waals surface area (Å²) < 4.78 is 10.8. The van der Waals surface area contributed by atoms with Crippen molar-refractivity contribution in [2.24, 2.45) is 0 Å². The van der Waals surface area contributed by atoms with E-state index in [-0.39, 0.29) is 6.61 Å². The first-order valence-electron chi connectivity index (χ1n) is 5.07. The van der Waals surface area contributed by atoms with Gasteiger partial charge in [0.2, 0.25) is 5.89 Å². The minimum Gasteiger partial charge on any atom is -0.484 e. The first-order valence-corrected chi connectivity index (χ1v) is 5.07. The molecule has 0 saturated heterocycles. The van der Waals surface area contributed by atoms with E-state index in [9.17, 15) is 0 Å². The molecule has 5 nitrogen and oxygen atoms in total. The summed E-state index contributed by atoms with van der Waals surface area (Å²) in [7, 11) is 0. The maximum atomic E-state index is 5.62. The van der Waals surface area contributed by atoms with Crippen molar-refractivity contribution < 1.29 is 9.15 Å². The van der Waals surface area contributed by atoms with E-state index >= 15 is 0 Å². The molecule has 1 aromatic carbocycles. The van der Waals surface area contributed by atoms with E-state index < -0.39 is 0 Å². The second kappa shape index (κ2) is 4.65.